The highest BCUT2D eigenvalue weighted by molar-refractivity contribution is 6.28. The normalized spacial score (nSPS) is 10.3. The molecule has 0 aliphatic heterocycles. The van der Waals surface area contributed by atoms with Gasteiger partial charge in [0.25, 0.3) is 0 Å². The first-order valence-electron chi connectivity index (χ1n) is 5.94. The lowest BCUT2D eigenvalue weighted by atomic mass is 10.2. The lowest BCUT2D eigenvalue weighted by molar-refractivity contribution is 0.218. The number of ether oxygens (including phenoxy) is 2. The van der Waals surface area contributed by atoms with Gasteiger partial charge in [0.2, 0.25) is 5.28 Å². The molecule has 1 heterocycles. The van der Waals surface area contributed by atoms with E-state index in [1.807, 2.05) is 0 Å². The maximum absolute atomic E-state index is 13.5. The Morgan fingerprint density at radius 3 is 2.62 bits per heavy atom. The Labute approximate surface area is 125 Å². The van der Waals surface area contributed by atoms with E-state index < -0.39 is 5.82 Å². The van der Waals surface area contributed by atoms with E-state index in [1.165, 1.54) is 12.1 Å². The van der Waals surface area contributed by atoms with Crippen molar-refractivity contribution < 1.29 is 13.9 Å². The third kappa shape index (κ3) is 3.77. The number of nitrogens with zero attached hydrogens (tertiary/aromatic N) is 4. The van der Waals surface area contributed by atoms with E-state index in [1.54, 1.807) is 19.9 Å². The maximum Gasteiger partial charge on any atom is 0.329 e. The first kappa shape index (κ1) is 14.9. The maximum atomic E-state index is 13.5. The second-order valence-corrected chi connectivity index (χ2v) is 4.50. The molecule has 6 nitrogen and oxygen atoms in total. The molecule has 21 heavy (non-hydrogen) atoms. The van der Waals surface area contributed by atoms with Crippen LogP contribution in [-0.2, 0) is 0 Å². The lowest BCUT2D eigenvalue weighted by Gasteiger charge is -2.09. The molecule has 0 fully saturated rings. The SMILES string of the molecule is CC(C)Oc1nc(Cl)nc(Oc2cccc(F)c2C#N)n1. The zero-order valence-corrected chi connectivity index (χ0v) is 11.9. The molecule has 0 aliphatic rings. The van der Waals surface area contributed by atoms with E-state index in [0.29, 0.717) is 0 Å². The van der Waals surface area contributed by atoms with Crippen molar-refractivity contribution in [3.05, 3.63) is 34.9 Å². The molecule has 108 valence electrons. The van der Waals surface area contributed by atoms with E-state index in [0.717, 1.165) is 6.07 Å². The van der Waals surface area contributed by atoms with Crippen LogP contribution in [0.2, 0.25) is 5.28 Å². The molecule has 0 atom stereocenters. The monoisotopic (exact) mass is 308 g/mol. The fraction of sp³-hybridized carbons (Fsp3) is 0.231. The molecule has 0 amide bonds. The van der Waals surface area contributed by atoms with Crippen molar-refractivity contribution in [2.24, 2.45) is 0 Å². The quantitative estimate of drug-likeness (QED) is 0.863. The Hall–Kier alpha value is -2.46. The minimum atomic E-state index is -0.700. The van der Waals surface area contributed by atoms with Gasteiger partial charge in [0.15, 0.2) is 5.75 Å². The number of hydrogen-bond donors (Lipinski definition) is 0. The van der Waals surface area contributed by atoms with Gasteiger partial charge in [-0.2, -0.15) is 15.2 Å². The number of aromatic nitrogens is 3. The van der Waals surface area contributed by atoms with Gasteiger partial charge in [0.05, 0.1) is 6.10 Å². The van der Waals surface area contributed by atoms with Crippen LogP contribution in [0.3, 0.4) is 0 Å². The second kappa shape index (κ2) is 6.33. The summed E-state index contributed by atoms with van der Waals surface area (Å²) >= 11 is 5.74. The number of halogens is 2. The molecule has 0 saturated heterocycles. The van der Waals surface area contributed by atoms with Crippen LogP contribution in [0, 0.1) is 17.1 Å². The summed E-state index contributed by atoms with van der Waals surface area (Å²) in [4.78, 5) is 11.4. The van der Waals surface area contributed by atoms with Crippen LogP contribution < -0.4 is 9.47 Å². The highest BCUT2D eigenvalue weighted by atomic mass is 35.5. The molecule has 0 unspecified atom stereocenters. The summed E-state index contributed by atoms with van der Waals surface area (Å²) in [6.07, 6.45) is -0.167. The Kier molecular flexibility index (Phi) is 4.50. The number of benzene rings is 1. The summed E-state index contributed by atoms with van der Waals surface area (Å²) in [6, 6.07) is 5.48. The largest absolute Gasteiger partial charge is 0.461 e. The topological polar surface area (TPSA) is 80.9 Å². The first-order valence-corrected chi connectivity index (χ1v) is 6.32. The average molecular weight is 309 g/mol. The Morgan fingerprint density at radius 2 is 1.95 bits per heavy atom. The smallest absolute Gasteiger partial charge is 0.329 e. The molecular weight excluding hydrogens is 299 g/mol. The standard InChI is InChI=1S/C13H10ClFN4O2/c1-7(2)20-12-17-11(14)18-13(19-12)21-10-5-3-4-9(15)8(10)6-16/h3-5,7H,1-2H3. The third-order valence-corrected chi connectivity index (χ3v) is 2.37. The van der Waals surface area contributed by atoms with Crippen molar-refractivity contribution in [3.8, 4) is 23.8 Å². The van der Waals surface area contributed by atoms with Crippen LogP contribution in [0.25, 0.3) is 0 Å². The fourth-order valence-corrected chi connectivity index (χ4v) is 1.56. The molecule has 0 bridgehead atoms. The van der Waals surface area contributed by atoms with Gasteiger partial charge in [0, 0.05) is 0 Å². The predicted molar refractivity (Wildman–Crippen MR) is 71.8 cm³/mol. The second-order valence-electron chi connectivity index (χ2n) is 4.16. The fourth-order valence-electron chi connectivity index (χ4n) is 1.42. The van der Waals surface area contributed by atoms with Crippen molar-refractivity contribution in [1.82, 2.24) is 15.0 Å². The zero-order valence-electron chi connectivity index (χ0n) is 11.2. The van der Waals surface area contributed by atoms with Crippen molar-refractivity contribution in [2.75, 3.05) is 0 Å². The highest BCUT2D eigenvalue weighted by Gasteiger charge is 2.14. The van der Waals surface area contributed by atoms with Gasteiger partial charge in [-0.15, -0.1) is 4.98 Å². The summed E-state index contributed by atoms with van der Waals surface area (Å²) in [5.74, 6) is -0.718. The Balaban J connectivity index is 2.34. The predicted octanol–water partition coefficient (Wildman–Crippen LogP) is 3.12. The summed E-state index contributed by atoms with van der Waals surface area (Å²) in [7, 11) is 0. The Bertz CT molecular complexity index is 703. The van der Waals surface area contributed by atoms with Gasteiger partial charge in [-0.25, -0.2) is 4.39 Å². The summed E-state index contributed by atoms with van der Waals surface area (Å²) < 4.78 is 24.1. The van der Waals surface area contributed by atoms with E-state index in [-0.39, 0.29) is 34.7 Å². The Morgan fingerprint density at radius 1 is 1.24 bits per heavy atom. The molecular formula is C13H10ClFN4O2. The molecule has 0 radical (unpaired) electrons. The average Bonchev–Trinajstić information content (AvgIpc) is 2.37. The van der Waals surface area contributed by atoms with Crippen molar-refractivity contribution in [1.29, 1.82) is 5.26 Å². The number of nitriles is 1. The van der Waals surface area contributed by atoms with Gasteiger partial charge in [-0.3, -0.25) is 0 Å². The van der Waals surface area contributed by atoms with Crippen LogP contribution >= 0.6 is 11.6 Å². The van der Waals surface area contributed by atoms with E-state index in [4.69, 9.17) is 26.3 Å². The lowest BCUT2D eigenvalue weighted by Crippen LogP contribution is -2.09. The minimum Gasteiger partial charge on any atom is -0.461 e. The molecule has 2 rings (SSSR count). The molecule has 1 aromatic heterocycles. The van der Waals surface area contributed by atoms with Gasteiger partial charge in [-0.1, -0.05) is 6.07 Å². The van der Waals surface area contributed by atoms with Crippen molar-refractivity contribution in [3.63, 3.8) is 0 Å². The molecule has 0 spiro atoms. The van der Waals surface area contributed by atoms with Crippen LogP contribution in [0.1, 0.15) is 19.4 Å². The summed E-state index contributed by atoms with van der Waals surface area (Å²) in [6.45, 7) is 3.58. The summed E-state index contributed by atoms with van der Waals surface area (Å²) in [5.41, 5.74) is -0.250. The van der Waals surface area contributed by atoms with E-state index >= 15 is 0 Å². The van der Waals surface area contributed by atoms with Gasteiger partial charge >= 0.3 is 12.0 Å². The van der Waals surface area contributed by atoms with Crippen molar-refractivity contribution in [2.45, 2.75) is 20.0 Å². The molecule has 0 aliphatic carbocycles. The van der Waals surface area contributed by atoms with Gasteiger partial charge in [-0.05, 0) is 37.6 Å². The summed E-state index contributed by atoms with van der Waals surface area (Å²) in [5, 5.41) is 8.80. The van der Waals surface area contributed by atoms with E-state index in [9.17, 15) is 4.39 Å². The molecule has 0 N–H and O–H groups in total. The van der Waals surface area contributed by atoms with Crippen LogP contribution in [-0.4, -0.2) is 21.1 Å². The first-order chi connectivity index (χ1) is 9.99. The third-order valence-electron chi connectivity index (χ3n) is 2.20. The van der Waals surface area contributed by atoms with Gasteiger partial charge in [0.1, 0.15) is 17.4 Å². The highest BCUT2D eigenvalue weighted by Crippen LogP contribution is 2.25. The molecule has 1 aromatic carbocycles. The van der Waals surface area contributed by atoms with Crippen LogP contribution in [0.15, 0.2) is 18.2 Å². The zero-order chi connectivity index (χ0) is 15.4. The van der Waals surface area contributed by atoms with Crippen molar-refractivity contribution >= 4 is 11.6 Å². The van der Waals surface area contributed by atoms with Gasteiger partial charge < -0.3 is 9.47 Å². The molecule has 0 saturated carbocycles. The minimum absolute atomic E-state index is 0.0183. The molecule has 2 aromatic rings. The van der Waals surface area contributed by atoms with E-state index in [2.05, 4.69) is 15.0 Å². The molecule has 8 heteroatoms. The van der Waals surface area contributed by atoms with Crippen LogP contribution in [0.4, 0.5) is 4.39 Å². The number of rotatable bonds is 4. The number of hydrogen-bond acceptors (Lipinski definition) is 6. The van der Waals surface area contributed by atoms with Crippen LogP contribution in [0.5, 0.6) is 17.8 Å².